The summed E-state index contributed by atoms with van der Waals surface area (Å²) in [4.78, 5) is 26.3. The van der Waals surface area contributed by atoms with Crippen LogP contribution in [-0.4, -0.2) is 60.5 Å². The monoisotopic (exact) mass is 415 g/mol. The Kier molecular flexibility index (Phi) is 8.59. The first-order chi connectivity index (χ1) is 14.3. The van der Waals surface area contributed by atoms with E-state index in [1.807, 2.05) is 47.7 Å². The number of nitrogens with zero attached hydrogens (tertiary/aromatic N) is 3. The Morgan fingerprint density at radius 3 is 2.37 bits per heavy atom. The summed E-state index contributed by atoms with van der Waals surface area (Å²) in [6.07, 6.45) is 0.912. The zero-order valence-electron chi connectivity index (χ0n) is 18.9. The van der Waals surface area contributed by atoms with Crippen molar-refractivity contribution in [3.63, 3.8) is 0 Å². The van der Waals surface area contributed by atoms with Gasteiger partial charge in [-0.3, -0.25) is 9.59 Å². The molecule has 0 aliphatic heterocycles. The Bertz CT molecular complexity index is 856. The highest BCUT2D eigenvalue weighted by Crippen LogP contribution is 2.20. The molecule has 30 heavy (non-hydrogen) atoms. The normalized spacial score (nSPS) is 11.0. The molecular weight excluding hydrogens is 382 g/mol. The molecule has 0 bridgehead atoms. The van der Waals surface area contributed by atoms with Gasteiger partial charge in [-0.05, 0) is 56.0 Å². The molecule has 0 fully saturated rings. The van der Waals surface area contributed by atoms with Gasteiger partial charge in [0.15, 0.2) is 0 Å². The van der Waals surface area contributed by atoms with Crippen LogP contribution in [0, 0.1) is 19.8 Å². The maximum Gasteiger partial charge on any atom is 0.305 e. The molecule has 7 nitrogen and oxygen atoms in total. The first kappa shape index (κ1) is 23.6. The number of aryl methyl sites for hydroxylation is 1. The fourth-order valence-corrected chi connectivity index (χ4v) is 3.46. The zero-order valence-corrected chi connectivity index (χ0v) is 18.9. The maximum absolute atomic E-state index is 12.9. The first-order valence-electron chi connectivity index (χ1n) is 10.3. The summed E-state index contributed by atoms with van der Waals surface area (Å²) in [6, 6.07) is 7.48. The van der Waals surface area contributed by atoms with Crippen LogP contribution >= 0.6 is 0 Å². The van der Waals surface area contributed by atoms with Crippen molar-refractivity contribution in [2.75, 3.05) is 33.9 Å². The molecule has 0 aliphatic rings. The van der Waals surface area contributed by atoms with Crippen molar-refractivity contribution >= 4 is 11.9 Å². The minimum Gasteiger partial charge on any atom is -0.469 e. The molecule has 0 saturated carbocycles. The van der Waals surface area contributed by atoms with Crippen molar-refractivity contribution in [2.45, 2.75) is 40.5 Å². The Morgan fingerprint density at radius 1 is 1.13 bits per heavy atom. The number of rotatable bonds is 10. The van der Waals surface area contributed by atoms with Crippen LogP contribution in [0.25, 0.3) is 5.69 Å². The van der Waals surface area contributed by atoms with Gasteiger partial charge in [0.2, 0.25) is 0 Å². The fourth-order valence-electron chi connectivity index (χ4n) is 3.46. The van der Waals surface area contributed by atoms with E-state index in [0.717, 1.165) is 22.6 Å². The highest BCUT2D eigenvalue weighted by Gasteiger charge is 2.18. The van der Waals surface area contributed by atoms with Crippen molar-refractivity contribution < 1.29 is 19.1 Å². The van der Waals surface area contributed by atoms with E-state index in [1.165, 1.54) is 7.11 Å². The van der Waals surface area contributed by atoms with Gasteiger partial charge in [0.1, 0.15) is 0 Å². The SMILES string of the molecule is COCCN(CC(C)C)C(=O)c1ccc(-n2nc(C)c(CCC(=O)OC)c2C)cc1. The standard InChI is InChI=1S/C23H33N3O4/c1-16(2)15-25(13-14-29-5)23(28)19-7-9-20(10-8-19)26-18(4)21(17(3)24-26)11-12-22(27)30-6/h7-10,16H,11-15H2,1-6H3. The Balaban J connectivity index is 2.20. The van der Waals surface area contributed by atoms with Gasteiger partial charge in [-0.1, -0.05) is 13.8 Å². The van der Waals surface area contributed by atoms with E-state index in [4.69, 9.17) is 9.47 Å². The van der Waals surface area contributed by atoms with Gasteiger partial charge in [-0.15, -0.1) is 0 Å². The summed E-state index contributed by atoms with van der Waals surface area (Å²) >= 11 is 0. The lowest BCUT2D eigenvalue weighted by Gasteiger charge is -2.24. The van der Waals surface area contributed by atoms with Gasteiger partial charge in [-0.25, -0.2) is 4.68 Å². The second-order valence-electron chi connectivity index (χ2n) is 7.82. The molecular formula is C23H33N3O4. The van der Waals surface area contributed by atoms with Gasteiger partial charge in [0.25, 0.3) is 5.91 Å². The third-order valence-electron chi connectivity index (χ3n) is 5.04. The lowest BCUT2D eigenvalue weighted by molar-refractivity contribution is -0.140. The molecule has 1 heterocycles. The molecule has 7 heteroatoms. The number of esters is 1. The van der Waals surface area contributed by atoms with Crippen LogP contribution in [-0.2, 0) is 20.7 Å². The second-order valence-corrected chi connectivity index (χ2v) is 7.82. The number of hydrogen-bond donors (Lipinski definition) is 0. The van der Waals surface area contributed by atoms with E-state index in [1.54, 1.807) is 7.11 Å². The van der Waals surface area contributed by atoms with Crippen LogP contribution in [0.1, 0.15) is 47.6 Å². The molecule has 0 N–H and O–H groups in total. The summed E-state index contributed by atoms with van der Waals surface area (Å²) < 4.78 is 11.7. The molecule has 0 unspecified atom stereocenters. The number of methoxy groups -OCH3 is 2. The van der Waals surface area contributed by atoms with E-state index in [2.05, 4.69) is 18.9 Å². The van der Waals surface area contributed by atoms with Crippen LogP contribution in [0.3, 0.4) is 0 Å². The number of benzene rings is 1. The predicted molar refractivity (Wildman–Crippen MR) is 116 cm³/mol. The number of ether oxygens (including phenoxy) is 2. The van der Waals surface area contributed by atoms with E-state index in [9.17, 15) is 9.59 Å². The molecule has 0 atom stereocenters. The van der Waals surface area contributed by atoms with Gasteiger partial charge in [0.05, 0.1) is 25.1 Å². The minimum atomic E-state index is -0.233. The first-order valence-corrected chi connectivity index (χ1v) is 10.3. The van der Waals surface area contributed by atoms with Crippen molar-refractivity contribution in [2.24, 2.45) is 5.92 Å². The minimum absolute atomic E-state index is 0.000523. The van der Waals surface area contributed by atoms with Crippen molar-refractivity contribution in [3.05, 3.63) is 46.8 Å². The van der Waals surface area contributed by atoms with Crippen LogP contribution in [0.2, 0.25) is 0 Å². The summed E-state index contributed by atoms with van der Waals surface area (Å²) in [5.74, 6) is 0.145. The second kappa shape index (κ2) is 10.9. The van der Waals surface area contributed by atoms with E-state index >= 15 is 0 Å². The number of hydrogen-bond acceptors (Lipinski definition) is 5. The van der Waals surface area contributed by atoms with Crippen LogP contribution in [0.5, 0.6) is 0 Å². The molecule has 2 aromatic rings. The highest BCUT2D eigenvalue weighted by atomic mass is 16.5. The van der Waals surface area contributed by atoms with Gasteiger partial charge < -0.3 is 14.4 Å². The van der Waals surface area contributed by atoms with E-state index in [0.29, 0.717) is 44.0 Å². The van der Waals surface area contributed by atoms with E-state index < -0.39 is 0 Å². The molecule has 2 rings (SSSR count). The third kappa shape index (κ3) is 5.92. The van der Waals surface area contributed by atoms with Crippen molar-refractivity contribution in [1.29, 1.82) is 0 Å². The highest BCUT2D eigenvalue weighted by molar-refractivity contribution is 5.94. The van der Waals surface area contributed by atoms with Crippen LogP contribution < -0.4 is 0 Å². The topological polar surface area (TPSA) is 73.7 Å². The van der Waals surface area contributed by atoms with Crippen molar-refractivity contribution in [3.8, 4) is 5.69 Å². The molecule has 0 spiro atoms. The predicted octanol–water partition coefficient (Wildman–Crippen LogP) is 3.34. The fraction of sp³-hybridized carbons (Fsp3) is 0.522. The Morgan fingerprint density at radius 2 is 1.80 bits per heavy atom. The van der Waals surface area contributed by atoms with Gasteiger partial charge in [0, 0.05) is 37.9 Å². The van der Waals surface area contributed by atoms with Gasteiger partial charge >= 0.3 is 5.97 Å². The largest absolute Gasteiger partial charge is 0.469 e. The number of carbonyl (C=O) groups is 2. The summed E-state index contributed by atoms with van der Waals surface area (Å²) in [5, 5.41) is 4.63. The van der Waals surface area contributed by atoms with Gasteiger partial charge in [-0.2, -0.15) is 5.10 Å². The van der Waals surface area contributed by atoms with Crippen LogP contribution in [0.15, 0.2) is 24.3 Å². The summed E-state index contributed by atoms with van der Waals surface area (Å²) in [7, 11) is 3.03. The summed E-state index contributed by atoms with van der Waals surface area (Å²) in [5.41, 5.74) is 4.44. The average Bonchev–Trinajstić information content (AvgIpc) is 3.02. The Labute approximate surface area is 179 Å². The smallest absolute Gasteiger partial charge is 0.305 e. The lowest BCUT2D eigenvalue weighted by atomic mass is 10.1. The number of carbonyl (C=O) groups excluding carboxylic acids is 2. The van der Waals surface area contributed by atoms with Crippen molar-refractivity contribution in [1.82, 2.24) is 14.7 Å². The zero-order chi connectivity index (χ0) is 22.3. The number of amides is 1. The molecule has 1 aromatic heterocycles. The van der Waals surface area contributed by atoms with Crippen LogP contribution in [0.4, 0.5) is 0 Å². The molecule has 0 radical (unpaired) electrons. The number of aromatic nitrogens is 2. The molecule has 0 saturated heterocycles. The molecule has 164 valence electrons. The molecule has 1 amide bonds. The quantitative estimate of drug-likeness (QED) is 0.557. The van der Waals surface area contributed by atoms with E-state index in [-0.39, 0.29) is 11.9 Å². The molecule has 1 aromatic carbocycles. The average molecular weight is 416 g/mol. The third-order valence-corrected chi connectivity index (χ3v) is 5.04. The maximum atomic E-state index is 12.9. The molecule has 0 aliphatic carbocycles. The summed E-state index contributed by atoms with van der Waals surface area (Å²) in [6.45, 7) is 9.87. The lowest BCUT2D eigenvalue weighted by Crippen LogP contribution is -2.36. The Hall–Kier alpha value is -2.67.